The average molecular weight is 352 g/mol. The van der Waals surface area contributed by atoms with Gasteiger partial charge in [0.1, 0.15) is 11.0 Å². The molecule has 0 bridgehead atoms. The molecule has 0 aliphatic rings. The third-order valence-electron chi connectivity index (χ3n) is 1.88. The molecule has 1 rings (SSSR count). The molecule has 0 fully saturated rings. The second kappa shape index (κ2) is 5.90. The van der Waals surface area contributed by atoms with E-state index in [-0.39, 0.29) is 0 Å². The van der Waals surface area contributed by atoms with Crippen LogP contribution in [-0.4, -0.2) is 21.4 Å². The van der Waals surface area contributed by atoms with Crippen LogP contribution in [0.1, 0.15) is 5.56 Å². The molecule has 21 heavy (non-hydrogen) atoms. The summed E-state index contributed by atoms with van der Waals surface area (Å²) in [4.78, 5) is -1.19. The lowest BCUT2D eigenvalue weighted by molar-refractivity contribution is -0.275. The molecule has 0 heterocycles. The van der Waals surface area contributed by atoms with Crippen LogP contribution in [0.2, 0.25) is 0 Å². The Morgan fingerprint density at radius 2 is 1.81 bits per heavy atom. The molecule has 0 aliphatic carbocycles. The monoisotopic (exact) mass is 351 g/mol. The normalized spacial score (nSPS) is 12.1. The van der Waals surface area contributed by atoms with Crippen LogP contribution >= 0.6 is 10.7 Å². The summed E-state index contributed by atoms with van der Waals surface area (Å²) in [6.45, 7) is -3.67. The van der Waals surface area contributed by atoms with E-state index in [4.69, 9.17) is 15.9 Å². The van der Waals surface area contributed by atoms with Crippen LogP contribution in [0.15, 0.2) is 17.0 Å². The number of rotatable bonds is 4. The van der Waals surface area contributed by atoms with Crippen LogP contribution in [-0.2, 0) is 9.05 Å². The van der Waals surface area contributed by atoms with Crippen molar-refractivity contribution < 1.29 is 39.8 Å². The zero-order valence-electron chi connectivity index (χ0n) is 9.49. The Morgan fingerprint density at radius 3 is 2.19 bits per heavy atom. The van der Waals surface area contributed by atoms with Gasteiger partial charge in [0.25, 0.3) is 9.05 Å². The fraction of sp³-hybridized carbons (Fsp3) is 0.222. The van der Waals surface area contributed by atoms with Gasteiger partial charge in [0.15, 0.2) is 11.5 Å². The lowest BCUT2D eigenvalue weighted by atomic mass is 10.2. The van der Waals surface area contributed by atoms with Crippen molar-refractivity contribution in [1.82, 2.24) is 0 Å². The van der Waals surface area contributed by atoms with E-state index >= 15 is 0 Å². The van der Waals surface area contributed by atoms with E-state index in [1.807, 2.05) is 0 Å². The molecule has 12 heteroatoms. The van der Waals surface area contributed by atoms with E-state index in [0.29, 0.717) is 12.1 Å². The van der Waals surface area contributed by atoms with Crippen molar-refractivity contribution in [2.45, 2.75) is 17.9 Å². The van der Waals surface area contributed by atoms with Crippen molar-refractivity contribution >= 4 is 19.7 Å². The smallest absolute Gasteiger partial charge is 0.429 e. The summed E-state index contributed by atoms with van der Waals surface area (Å²) in [6, 6.07) is 2.37. The van der Waals surface area contributed by atoms with Gasteiger partial charge in [-0.25, -0.2) is 8.42 Å². The Morgan fingerprint density at radius 1 is 1.24 bits per heavy atom. The van der Waals surface area contributed by atoms with Crippen molar-refractivity contribution in [2.24, 2.45) is 0 Å². The molecule has 0 aromatic heterocycles. The summed E-state index contributed by atoms with van der Waals surface area (Å²) in [6.07, 6.45) is -5.37. The van der Waals surface area contributed by atoms with Gasteiger partial charge >= 0.3 is 13.0 Å². The maximum atomic E-state index is 12.3. The van der Waals surface area contributed by atoms with Crippen LogP contribution in [0.5, 0.6) is 11.5 Å². The molecule has 116 valence electrons. The van der Waals surface area contributed by atoms with Crippen molar-refractivity contribution in [1.29, 1.82) is 5.26 Å². The second-order valence-electron chi connectivity index (χ2n) is 3.25. The summed E-state index contributed by atoms with van der Waals surface area (Å²) >= 11 is 0. The van der Waals surface area contributed by atoms with Gasteiger partial charge in [0.2, 0.25) is 0 Å². The van der Waals surface area contributed by atoms with Crippen molar-refractivity contribution in [3.8, 4) is 17.6 Å². The number of nitriles is 1. The fourth-order valence-electron chi connectivity index (χ4n) is 1.24. The molecule has 1 aromatic carbocycles. The van der Waals surface area contributed by atoms with Crippen molar-refractivity contribution in [3.63, 3.8) is 0 Å². The van der Waals surface area contributed by atoms with Crippen molar-refractivity contribution in [2.75, 3.05) is 0 Å². The van der Waals surface area contributed by atoms with E-state index in [1.54, 1.807) is 0 Å². The topological polar surface area (TPSA) is 76.4 Å². The summed E-state index contributed by atoms with van der Waals surface area (Å²) < 4.78 is 90.7. The lowest BCUT2D eigenvalue weighted by Crippen LogP contribution is -2.20. The molecule has 0 saturated carbocycles. The molecule has 0 radical (unpaired) electrons. The lowest BCUT2D eigenvalue weighted by Gasteiger charge is -2.16. The first-order valence-electron chi connectivity index (χ1n) is 4.68. The van der Waals surface area contributed by atoms with Gasteiger partial charge in [-0.3, -0.25) is 0 Å². The van der Waals surface area contributed by atoms with Gasteiger partial charge in [-0.05, 0) is 12.1 Å². The molecule has 0 atom stereocenters. The fourth-order valence-corrected chi connectivity index (χ4v) is 2.20. The molecule has 1 aromatic rings. The minimum absolute atomic E-state index is 0.543. The van der Waals surface area contributed by atoms with Crippen LogP contribution < -0.4 is 9.47 Å². The summed E-state index contributed by atoms with van der Waals surface area (Å²) in [5.41, 5.74) is -0.868. The summed E-state index contributed by atoms with van der Waals surface area (Å²) in [5.74, 6) is -3.02. The van der Waals surface area contributed by atoms with Crippen LogP contribution in [0.3, 0.4) is 0 Å². The first kappa shape index (κ1) is 17.3. The Balaban J connectivity index is 3.66. The molecular formula is C9H3ClF5NO4S. The molecule has 0 amide bonds. The predicted molar refractivity (Wildman–Crippen MR) is 57.5 cm³/mol. The number of hydrogen-bond donors (Lipinski definition) is 0. The predicted octanol–water partition coefficient (Wildman–Crippen LogP) is 2.99. The number of ether oxygens (including phenoxy) is 2. The molecule has 0 saturated heterocycles. The van der Waals surface area contributed by atoms with E-state index in [0.717, 1.165) is 0 Å². The minimum atomic E-state index is -5.37. The summed E-state index contributed by atoms with van der Waals surface area (Å²) in [7, 11) is 0.188. The van der Waals surface area contributed by atoms with E-state index in [9.17, 15) is 30.4 Å². The highest BCUT2D eigenvalue weighted by molar-refractivity contribution is 8.13. The minimum Gasteiger partial charge on any atom is -0.429 e. The molecule has 0 spiro atoms. The maximum Gasteiger partial charge on any atom is 0.573 e. The van der Waals surface area contributed by atoms with Gasteiger partial charge in [0, 0.05) is 10.7 Å². The van der Waals surface area contributed by atoms with Gasteiger partial charge < -0.3 is 9.47 Å². The largest absolute Gasteiger partial charge is 0.573 e. The third kappa shape index (κ3) is 4.61. The zero-order valence-corrected chi connectivity index (χ0v) is 11.1. The Hall–Kier alpha value is -1.80. The molecule has 0 aliphatic heterocycles. The highest BCUT2D eigenvalue weighted by Crippen LogP contribution is 2.42. The Kier molecular flexibility index (Phi) is 4.85. The van der Waals surface area contributed by atoms with Crippen LogP contribution in [0.4, 0.5) is 22.0 Å². The molecule has 0 N–H and O–H groups in total. The molecule has 5 nitrogen and oxygen atoms in total. The summed E-state index contributed by atoms with van der Waals surface area (Å²) in [5, 5.41) is 8.64. The van der Waals surface area contributed by atoms with Crippen LogP contribution in [0.25, 0.3) is 0 Å². The highest BCUT2D eigenvalue weighted by Gasteiger charge is 2.36. The number of alkyl halides is 5. The first-order chi connectivity index (χ1) is 9.45. The van der Waals surface area contributed by atoms with Gasteiger partial charge in [-0.2, -0.15) is 14.0 Å². The zero-order chi connectivity index (χ0) is 16.4. The third-order valence-corrected chi connectivity index (χ3v) is 3.23. The number of hydrogen-bond acceptors (Lipinski definition) is 5. The Labute approximate surface area is 118 Å². The average Bonchev–Trinajstić information content (AvgIpc) is 2.27. The van der Waals surface area contributed by atoms with Gasteiger partial charge in [-0.15, -0.1) is 13.2 Å². The quantitative estimate of drug-likeness (QED) is 0.615. The van der Waals surface area contributed by atoms with Crippen LogP contribution in [0, 0.1) is 11.3 Å². The highest BCUT2D eigenvalue weighted by atomic mass is 35.7. The van der Waals surface area contributed by atoms with Gasteiger partial charge in [-0.1, -0.05) is 0 Å². The second-order valence-corrected chi connectivity index (χ2v) is 5.78. The molecule has 0 unspecified atom stereocenters. The molecular weight excluding hydrogens is 349 g/mol. The van der Waals surface area contributed by atoms with Crippen molar-refractivity contribution in [3.05, 3.63) is 17.7 Å². The standard InChI is InChI=1S/C9H3ClF5NO4S/c10-21(17,18)5-2-1-4(3-16)6(20-9(13,14)15)7(5)19-8(11)12/h1-2,8H. The Bertz CT molecular complexity index is 683. The first-order valence-corrected chi connectivity index (χ1v) is 6.99. The van der Waals surface area contributed by atoms with E-state index in [2.05, 4.69) is 9.47 Å². The van der Waals surface area contributed by atoms with Gasteiger partial charge in [0.05, 0.1) is 5.56 Å². The van der Waals surface area contributed by atoms with E-state index in [1.165, 1.54) is 6.07 Å². The van der Waals surface area contributed by atoms with E-state index < -0.39 is 44.0 Å². The number of nitrogens with zero attached hydrogens (tertiary/aromatic N) is 1. The number of halogens is 6. The number of benzene rings is 1. The maximum absolute atomic E-state index is 12.3. The SMILES string of the molecule is N#Cc1ccc(S(=O)(=O)Cl)c(OC(F)F)c1OC(F)(F)F.